The number of aromatic nitrogens is 4. The van der Waals surface area contributed by atoms with E-state index in [9.17, 15) is 14.4 Å². The molecule has 34 heavy (non-hydrogen) atoms. The SMILES string of the molecule is COC(=O)c1cc(NC(=O)CSc2ncnc3c2cnn3-c2ccccc2)cc(C(=O)OC)c1. The molecule has 0 saturated carbocycles. The van der Waals surface area contributed by atoms with Crippen LogP contribution in [-0.4, -0.2) is 57.6 Å². The Labute approximate surface area is 198 Å². The van der Waals surface area contributed by atoms with Gasteiger partial charge in [-0.3, -0.25) is 4.79 Å². The van der Waals surface area contributed by atoms with Crippen LogP contribution >= 0.6 is 11.8 Å². The van der Waals surface area contributed by atoms with E-state index >= 15 is 0 Å². The third-order valence-electron chi connectivity index (χ3n) is 4.73. The summed E-state index contributed by atoms with van der Waals surface area (Å²) < 4.78 is 11.1. The van der Waals surface area contributed by atoms with Crippen LogP contribution in [0.5, 0.6) is 0 Å². The molecule has 0 saturated heterocycles. The topological polar surface area (TPSA) is 125 Å². The first-order valence-electron chi connectivity index (χ1n) is 9.98. The van der Waals surface area contributed by atoms with E-state index < -0.39 is 11.9 Å². The molecule has 10 nitrogen and oxygen atoms in total. The molecule has 11 heteroatoms. The Bertz CT molecular complexity index is 1340. The van der Waals surface area contributed by atoms with E-state index in [1.165, 1.54) is 50.5 Å². The van der Waals surface area contributed by atoms with Gasteiger partial charge in [-0.25, -0.2) is 24.2 Å². The number of thioether (sulfide) groups is 1. The first-order chi connectivity index (χ1) is 16.5. The third kappa shape index (κ3) is 4.89. The molecule has 0 bridgehead atoms. The molecule has 0 aliphatic rings. The number of esters is 2. The number of benzene rings is 2. The Morgan fingerprint density at radius 3 is 2.29 bits per heavy atom. The quantitative estimate of drug-likeness (QED) is 0.243. The van der Waals surface area contributed by atoms with Gasteiger partial charge in [0.15, 0.2) is 5.65 Å². The fourth-order valence-electron chi connectivity index (χ4n) is 3.20. The minimum Gasteiger partial charge on any atom is -0.465 e. The molecular formula is C23H19N5O5S. The average molecular weight is 478 g/mol. The van der Waals surface area contributed by atoms with Gasteiger partial charge in [-0.1, -0.05) is 30.0 Å². The fraction of sp³-hybridized carbons (Fsp3) is 0.130. The van der Waals surface area contributed by atoms with E-state index in [-0.39, 0.29) is 28.5 Å². The number of carbonyl (C=O) groups is 3. The lowest BCUT2D eigenvalue weighted by molar-refractivity contribution is -0.113. The van der Waals surface area contributed by atoms with Crippen molar-refractivity contribution >= 4 is 46.3 Å². The van der Waals surface area contributed by atoms with Crippen LogP contribution in [0.15, 0.2) is 66.1 Å². The molecule has 0 aliphatic carbocycles. The van der Waals surface area contributed by atoms with Crippen molar-refractivity contribution in [3.8, 4) is 5.69 Å². The lowest BCUT2D eigenvalue weighted by atomic mass is 10.1. The number of nitrogens with one attached hydrogen (secondary N) is 1. The molecule has 2 aromatic carbocycles. The summed E-state index contributed by atoms with van der Waals surface area (Å²) in [6.45, 7) is 0. The molecule has 0 fully saturated rings. The molecule has 1 N–H and O–H groups in total. The average Bonchev–Trinajstić information content (AvgIpc) is 3.31. The van der Waals surface area contributed by atoms with Crippen LogP contribution in [0, 0.1) is 0 Å². The summed E-state index contributed by atoms with van der Waals surface area (Å²) in [5.41, 5.74) is 1.96. The molecule has 0 atom stereocenters. The van der Waals surface area contributed by atoms with E-state index in [0.29, 0.717) is 16.1 Å². The zero-order valence-corrected chi connectivity index (χ0v) is 19.0. The van der Waals surface area contributed by atoms with Crippen LogP contribution < -0.4 is 5.32 Å². The van der Waals surface area contributed by atoms with Crippen molar-refractivity contribution in [2.45, 2.75) is 5.03 Å². The van der Waals surface area contributed by atoms with Gasteiger partial charge < -0.3 is 14.8 Å². The maximum atomic E-state index is 12.6. The molecule has 4 rings (SSSR count). The van der Waals surface area contributed by atoms with Gasteiger partial charge in [0, 0.05) is 5.69 Å². The Balaban J connectivity index is 1.51. The molecule has 0 unspecified atom stereocenters. The van der Waals surface area contributed by atoms with E-state index in [1.54, 1.807) is 10.9 Å². The second-order valence-electron chi connectivity index (χ2n) is 6.93. The fourth-order valence-corrected chi connectivity index (χ4v) is 3.96. The second kappa shape index (κ2) is 10.1. The minimum absolute atomic E-state index is 0.0264. The molecule has 172 valence electrons. The van der Waals surface area contributed by atoms with Gasteiger partial charge in [-0.05, 0) is 30.3 Å². The monoisotopic (exact) mass is 477 g/mol. The number of fused-ring (bicyclic) bond motifs is 1. The number of hydrogen-bond donors (Lipinski definition) is 1. The zero-order valence-electron chi connectivity index (χ0n) is 18.2. The van der Waals surface area contributed by atoms with Crippen LogP contribution in [0.3, 0.4) is 0 Å². The Morgan fingerprint density at radius 2 is 1.65 bits per heavy atom. The number of hydrogen-bond acceptors (Lipinski definition) is 9. The highest BCUT2D eigenvalue weighted by molar-refractivity contribution is 8.00. The summed E-state index contributed by atoms with van der Waals surface area (Å²) in [5, 5.41) is 8.40. The number of methoxy groups -OCH3 is 2. The van der Waals surface area contributed by atoms with Crippen molar-refractivity contribution in [2.24, 2.45) is 0 Å². The summed E-state index contributed by atoms with van der Waals surface area (Å²) in [4.78, 5) is 45.1. The minimum atomic E-state index is -0.644. The highest BCUT2D eigenvalue weighted by atomic mass is 32.2. The highest BCUT2D eigenvalue weighted by Gasteiger charge is 2.16. The summed E-state index contributed by atoms with van der Waals surface area (Å²) in [6, 6.07) is 13.7. The van der Waals surface area contributed by atoms with Crippen molar-refractivity contribution in [3.63, 3.8) is 0 Å². The highest BCUT2D eigenvalue weighted by Crippen LogP contribution is 2.26. The second-order valence-corrected chi connectivity index (χ2v) is 7.89. The van der Waals surface area contributed by atoms with Crippen LogP contribution in [0.25, 0.3) is 16.7 Å². The van der Waals surface area contributed by atoms with Gasteiger partial charge >= 0.3 is 11.9 Å². The summed E-state index contributed by atoms with van der Waals surface area (Å²) in [6.07, 6.45) is 3.08. The maximum absolute atomic E-state index is 12.6. The largest absolute Gasteiger partial charge is 0.465 e. The lowest BCUT2D eigenvalue weighted by Crippen LogP contribution is -2.16. The lowest BCUT2D eigenvalue weighted by Gasteiger charge is -2.09. The van der Waals surface area contributed by atoms with Gasteiger partial charge in [-0.15, -0.1) is 0 Å². The number of nitrogens with zero attached hydrogens (tertiary/aromatic N) is 4. The number of ether oxygens (including phenoxy) is 2. The van der Waals surface area contributed by atoms with Crippen molar-refractivity contribution in [1.29, 1.82) is 0 Å². The molecule has 0 radical (unpaired) electrons. The smallest absolute Gasteiger partial charge is 0.337 e. The van der Waals surface area contributed by atoms with Crippen molar-refractivity contribution in [2.75, 3.05) is 25.3 Å². The first-order valence-corrected chi connectivity index (χ1v) is 11.0. The summed E-state index contributed by atoms with van der Waals surface area (Å²) >= 11 is 1.22. The van der Waals surface area contributed by atoms with Gasteiger partial charge in [0.05, 0.1) is 48.4 Å². The number of amides is 1. The normalized spacial score (nSPS) is 10.6. The Kier molecular flexibility index (Phi) is 6.83. The number of para-hydroxylation sites is 1. The molecule has 2 aromatic heterocycles. The number of anilines is 1. The molecule has 0 spiro atoms. The van der Waals surface area contributed by atoms with Gasteiger partial charge in [0.25, 0.3) is 0 Å². The van der Waals surface area contributed by atoms with Crippen molar-refractivity contribution < 1.29 is 23.9 Å². The van der Waals surface area contributed by atoms with E-state index in [4.69, 9.17) is 9.47 Å². The zero-order chi connectivity index (χ0) is 24.1. The molecule has 2 heterocycles. The van der Waals surface area contributed by atoms with Gasteiger partial charge in [0.1, 0.15) is 11.4 Å². The predicted molar refractivity (Wildman–Crippen MR) is 125 cm³/mol. The van der Waals surface area contributed by atoms with Crippen LogP contribution in [0.2, 0.25) is 0 Å². The third-order valence-corrected chi connectivity index (χ3v) is 5.73. The number of rotatable bonds is 7. The van der Waals surface area contributed by atoms with Gasteiger partial charge in [-0.2, -0.15) is 5.10 Å². The van der Waals surface area contributed by atoms with E-state index in [2.05, 4.69) is 20.4 Å². The Morgan fingerprint density at radius 1 is 0.971 bits per heavy atom. The molecule has 1 amide bonds. The van der Waals surface area contributed by atoms with Crippen LogP contribution in [0.4, 0.5) is 5.69 Å². The standard InChI is InChI=1S/C23H19N5O5S/c1-32-22(30)14-8-15(23(31)33-2)10-16(9-14)27-19(29)12-34-21-18-11-26-28(20(18)24-13-25-21)17-6-4-3-5-7-17/h3-11,13H,12H2,1-2H3,(H,27,29). The summed E-state index contributed by atoms with van der Waals surface area (Å²) in [5.74, 6) is -1.62. The maximum Gasteiger partial charge on any atom is 0.337 e. The predicted octanol–water partition coefficient (Wildman–Crippen LogP) is 3.12. The first kappa shape index (κ1) is 22.9. The molecular weight excluding hydrogens is 458 g/mol. The van der Waals surface area contributed by atoms with Crippen LogP contribution in [-0.2, 0) is 14.3 Å². The summed E-state index contributed by atoms with van der Waals surface area (Å²) in [7, 11) is 2.45. The Hall–Kier alpha value is -4.25. The number of carbonyl (C=O) groups excluding carboxylic acids is 3. The van der Waals surface area contributed by atoms with E-state index in [0.717, 1.165) is 5.69 Å². The van der Waals surface area contributed by atoms with Crippen LogP contribution in [0.1, 0.15) is 20.7 Å². The molecule has 4 aromatic rings. The van der Waals surface area contributed by atoms with Crippen molar-refractivity contribution in [1.82, 2.24) is 19.7 Å². The van der Waals surface area contributed by atoms with Crippen molar-refractivity contribution in [3.05, 3.63) is 72.2 Å². The molecule has 0 aliphatic heterocycles. The van der Waals surface area contributed by atoms with E-state index in [1.807, 2.05) is 30.3 Å². The van der Waals surface area contributed by atoms with Gasteiger partial charge in [0.2, 0.25) is 5.91 Å².